The van der Waals surface area contributed by atoms with Gasteiger partial charge in [-0.1, -0.05) is 42.5 Å². The second-order valence-corrected chi connectivity index (χ2v) is 5.93. The molecule has 0 amide bonds. The molecule has 1 fully saturated rings. The third-order valence-electron chi connectivity index (χ3n) is 4.54. The van der Waals surface area contributed by atoms with Crippen LogP contribution in [0, 0.1) is 0 Å². The molecule has 3 heteroatoms. The van der Waals surface area contributed by atoms with E-state index in [1.54, 1.807) is 7.11 Å². The fourth-order valence-corrected chi connectivity index (χ4v) is 3.27. The maximum Gasteiger partial charge on any atom is 0.118 e. The zero-order valence-electron chi connectivity index (χ0n) is 13.3. The number of benzene rings is 2. The molecule has 0 spiro atoms. The lowest BCUT2D eigenvalue weighted by Crippen LogP contribution is -2.29. The molecule has 2 aromatic rings. The molecular weight excluding hydrogens is 272 g/mol. The van der Waals surface area contributed by atoms with Crippen molar-refractivity contribution in [2.45, 2.75) is 25.0 Å². The Kier molecular flexibility index (Phi) is 4.76. The molecule has 0 aliphatic carbocycles. The van der Waals surface area contributed by atoms with Gasteiger partial charge in [0.15, 0.2) is 0 Å². The molecular formula is C19H24N2O. The van der Waals surface area contributed by atoms with Gasteiger partial charge in [-0.2, -0.15) is 0 Å². The van der Waals surface area contributed by atoms with Gasteiger partial charge in [0, 0.05) is 25.2 Å². The van der Waals surface area contributed by atoms with E-state index >= 15 is 0 Å². The summed E-state index contributed by atoms with van der Waals surface area (Å²) < 4.78 is 5.24. The van der Waals surface area contributed by atoms with Crippen LogP contribution in [0.1, 0.15) is 23.6 Å². The Hall–Kier alpha value is -1.84. The second-order valence-electron chi connectivity index (χ2n) is 5.93. The highest BCUT2D eigenvalue weighted by molar-refractivity contribution is 5.28. The number of nitrogens with one attached hydrogen (secondary N) is 1. The molecule has 0 unspecified atom stereocenters. The Morgan fingerprint density at radius 3 is 2.45 bits per heavy atom. The summed E-state index contributed by atoms with van der Waals surface area (Å²) >= 11 is 0. The van der Waals surface area contributed by atoms with E-state index in [9.17, 15) is 0 Å². The van der Waals surface area contributed by atoms with Crippen LogP contribution in [0.4, 0.5) is 0 Å². The van der Waals surface area contributed by atoms with E-state index in [4.69, 9.17) is 4.74 Å². The lowest BCUT2D eigenvalue weighted by atomic mass is 10.0. The van der Waals surface area contributed by atoms with Crippen LogP contribution in [0.15, 0.2) is 54.6 Å². The number of hydrogen-bond donors (Lipinski definition) is 1. The molecule has 22 heavy (non-hydrogen) atoms. The third kappa shape index (κ3) is 3.32. The zero-order valence-corrected chi connectivity index (χ0v) is 13.3. The number of likely N-dealkylation sites (tertiary alicyclic amines) is 1. The second kappa shape index (κ2) is 6.95. The van der Waals surface area contributed by atoms with Crippen molar-refractivity contribution in [3.05, 3.63) is 65.7 Å². The summed E-state index contributed by atoms with van der Waals surface area (Å²) in [5.41, 5.74) is 2.74. The van der Waals surface area contributed by atoms with Crippen LogP contribution >= 0.6 is 0 Å². The highest BCUT2D eigenvalue weighted by Crippen LogP contribution is 2.33. The van der Waals surface area contributed by atoms with Gasteiger partial charge in [0.1, 0.15) is 5.75 Å². The maximum atomic E-state index is 5.24. The van der Waals surface area contributed by atoms with Crippen LogP contribution in [0.3, 0.4) is 0 Å². The van der Waals surface area contributed by atoms with Crippen LogP contribution in [0.25, 0.3) is 0 Å². The van der Waals surface area contributed by atoms with Gasteiger partial charge in [-0.05, 0) is 36.7 Å². The minimum atomic E-state index is 0.487. The fourth-order valence-electron chi connectivity index (χ4n) is 3.27. The zero-order chi connectivity index (χ0) is 15.4. The minimum absolute atomic E-state index is 0.487. The fraction of sp³-hybridized carbons (Fsp3) is 0.368. The Morgan fingerprint density at radius 2 is 1.82 bits per heavy atom. The van der Waals surface area contributed by atoms with Crippen molar-refractivity contribution >= 4 is 0 Å². The predicted octanol–water partition coefficient (Wildman–Crippen LogP) is 3.23. The summed E-state index contributed by atoms with van der Waals surface area (Å²) in [7, 11) is 3.77. The quantitative estimate of drug-likeness (QED) is 0.917. The van der Waals surface area contributed by atoms with Crippen LogP contribution in [-0.4, -0.2) is 31.6 Å². The minimum Gasteiger partial charge on any atom is -0.497 e. The average Bonchev–Trinajstić information content (AvgIpc) is 2.99. The molecule has 1 heterocycles. The van der Waals surface area contributed by atoms with Crippen LogP contribution in [0.5, 0.6) is 5.75 Å². The number of likely N-dealkylation sites (N-methyl/N-ethyl adjacent to an activating group) is 1. The van der Waals surface area contributed by atoms with E-state index in [1.165, 1.54) is 11.1 Å². The molecule has 2 aromatic carbocycles. The lowest BCUT2D eigenvalue weighted by molar-refractivity contribution is 0.246. The maximum absolute atomic E-state index is 5.24. The Morgan fingerprint density at radius 1 is 1.09 bits per heavy atom. The summed E-state index contributed by atoms with van der Waals surface area (Å²) in [4.78, 5) is 2.57. The van der Waals surface area contributed by atoms with Crippen LogP contribution in [-0.2, 0) is 6.54 Å². The topological polar surface area (TPSA) is 24.5 Å². The molecule has 0 radical (unpaired) electrons. The standard InChI is InChI=1S/C19H24N2O/c1-20-17-12-19(16-6-4-3-5-7-16)21(14-17)13-15-8-10-18(22-2)11-9-15/h3-11,17,19-20H,12-14H2,1-2H3/t17-,19-/m0/s1. The Labute approximate surface area is 132 Å². The monoisotopic (exact) mass is 296 g/mol. The van der Waals surface area contributed by atoms with Gasteiger partial charge in [0.05, 0.1) is 7.11 Å². The molecule has 1 aliphatic rings. The number of nitrogens with zero attached hydrogens (tertiary/aromatic N) is 1. The van der Waals surface area contributed by atoms with Crippen molar-refractivity contribution < 1.29 is 4.74 Å². The molecule has 116 valence electrons. The molecule has 0 bridgehead atoms. The normalized spacial score (nSPS) is 21.9. The molecule has 0 saturated carbocycles. The number of rotatable bonds is 5. The van der Waals surface area contributed by atoms with Crippen molar-refractivity contribution in [1.29, 1.82) is 0 Å². The van der Waals surface area contributed by atoms with Gasteiger partial charge < -0.3 is 10.1 Å². The highest BCUT2D eigenvalue weighted by Gasteiger charge is 2.31. The Balaban J connectivity index is 1.77. The van der Waals surface area contributed by atoms with Crippen molar-refractivity contribution in [2.75, 3.05) is 20.7 Å². The van der Waals surface area contributed by atoms with Crippen molar-refractivity contribution in [1.82, 2.24) is 10.2 Å². The summed E-state index contributed by atoms with van der Waals surface area (Å²) in [6.07, 6.45) is 1.16. The van der Waals surface area contributed by atoms with Crippen molar-refractivity contribution in [3.63, 3.8) is 0 Å². The van der Waals surface area contributed by atoms with E-state index in [0.29, 0.717) is 12.1 Å². The van der Waals surface area contributed by atoms with Crippen LogP contribution < -0.4 is 10.1 Å². The lowest BCUT2D eigenvalue weighted by Gasteiger charge is -2.24. The molecule has 1 N–H and O–H groups in total. The van der Waals surface area contributed by atoms with E-state index in [-0.39, 0.29) is 0 Å². The van der Waals surface area contributed by atoms with Gasteiger partial charge in [0.2, 0.25) is 0 Å². The first-order valence-electron chi connectivity index (χ1n) is 7.89. The average molecular weight is 296 g/mol. The van der Waals surface area contributed by atoms with Gasteiger partial charge in [-0.15, -0.1) is 0 Å². The first-order chi connectivity index (χ1) is 10.8. The number of ether oxygens (including phenoxy) is 1. The first-order valence-corrected chi connectivity index (χ1v) is 7.89. The smallest absolute Gasteiger partial charge is 0.118 e. The van der Waals surface area contributed by atoms with E-state index < -0.39 is 0 Å². The highest BCUT2D eigenvalue weighted by atomic mass is 16.5. The predicted molar refractivity (Wildman–Crippen MR) is 90.1 cm³/mol. The van der Waals surface area contributed by atoms with Gasteiger partial charge in [-0.3, -0.25) is 4.90 Å². The summed E-state index contributed by atoms with van der Waals surface area (Å²) in [6.45, 7) is 2.06. The SMILES string of the molecule is CN[C@H]1C[C@@H](c2ccccc2)N(Cc2ccc(OC)cc2)C1. The van der Waals surface area contributed by atoms with E-state index in [1.807, 2.05) is 12.1 Å². The third-order valence-corrected chi connectivity index (χ3v) is 4.54. The van der Waals surface area contributed by atoms with Gasteiger partial charge >= 0.3 is 0 Å². The van der Waals surface area contributed by atoms with Crippen molar-refractivity contribution in [2.24, 2.45) is 0 Å². The Bertz CT molecular complexity index is 582. The molecule has 1 saturated heterocycles. The summed E-state index contributed by atoms with van der Waals surface area (Å²) in [5.74, 6) is 0.915. The molecule has 3 nitrogen and oxygen atoms in total. The molecule has 0 aromatic heterocycles. The summed E-state index contributed by atoms with van der Waals surface area (Å²) in [6, 6.07) is 20.3. The largest absolute Gasteiger partial charge is 0.497 e. The van der Waals surface area contributed by atoms with E-state index in [0.717, 1.165) is 25.3 Å². The number of hydrogen-bond acceptors (Lipinski definition) is 3. The van der Waals surface area contributed by atoms with Crippen molar-refractivity contribution in [3.8, 4) is 5.75 Å². The van der Waals surface area contributed by atoms with Gasteiger partial charge in [-0.25, -0.2) is 0 Å². The molecule has 3 rings (SSSR count). The number of methoxy groups -OCH3 is 1. The molecule has 2 atom stereocenters. The summed E-state index contributed by atoms with van der Waals surface area (Å²) in [5, 5.41) is 3.44. The van der Waals surface area contributed by atoms with Gasteiger partial charge in [0.25, 0.3) is 0 Å². The van der Waals surface area contributed by atoms with E-state index in [2.05, 4.69) is 59.7 Å². The van der Waals surface area contributed by atoms with Crippen LogP contribution in [0.2, 0.25) is 0 Å². The first kappa shape index (κ1) is 15.1. The molecule has 1 aliphatic heterocycles.